The van der Waals surface area contributed by atoms with Gasteiger partial charge in [0.2, 0.25) is 5.91 Å². The molecule has 8 heteroatoms. The maximum absolute atomic E-state index is 11.9. The lowest BCUT2D eigenvalue weighted by molar-refractivity contribution is -0.123. The highest BCUT2D eigenvalue weighted by Crippen LogP contribution is 2.24. The molecule has 0 heterocycles. The van der Waals surface area contributed by atoms with Crippen LogP contribution in [0.2, 0.25) is 0 Å². The molecule has 0 aliphatic rings. The summed E-state index contributed by atoms with van der Waals surface area (Å²) >= 11 is 0. The first-order valence-corrected chi connectivity index (χ1v) is 6.41. The average Bonchev–Trinajstić information content (AvgIpc) is 2.28. The summed E-state index contributed by atoms with van der Waals surface area (Å²) in [6.07, 6.45) is 0. The van der Waals surface area contributed by atoms with Gasteiger partial charge in [-0.05, 0) is 24.6 Å². The predicted octanol–water partition coefficient (Wildman–Crippen LogP) is -0.301. The number of nitrogens with two attached hydrogens (primary N) is 1. The van der Waals surface area contributed by atoms with E-state index in [0.29, 0.717) is 0 Å². The minimum atomic E-state index is -3.93. The fraction of sp³-hybridized carbons (Fsp3) is 0.300. The van der Waals surface area contributed by atoms with E-state index in [0.717, 1.165) is 5.56 Å². The molecule has 0 saturated heterocycles. The molecule has 0 bridgehead atoms. The topological polar surface area (TPSA) is 108 Å². The summed E-state index contributed by atoms with van der Waals surface area (Å²) < 4.78 is 28.7. The quantitative estimate of drug-likeness (QED) is 0.692. The molecule has 0 fully saturated rings. The number of methoxy groups -OCH3 is 1. The number of carbonyl (C=O) groups is 1. The van der Waals surface area contributed by atoms with Crippen molar-refractivity contribution >= 4 is 15.9 Å². The monoisotopic (exact) mass is 274 g/mol. The van der Waals surface area contributed by atoms with E-state index in [-0.39, 0.29) is 10.6 Å². The molecular weight excluding hydrogens is 260 g/mol. The second kappa shape index (κ2) is 5.80. The minimum absolute atomic E-state index is 0.0746. The Hall–Kier alpha value is -1.64. The zero-order chi connectivity index (χ0) is 13.8. The molecule has 0 saturated carbocycles. The van der Waals surface area contributed by atoms with E-state index in [1.807, 2.05) is 0 Å². The van der Waals surface area contributed by atoms with Gasteiger partial charge in [0.25, 0.3) is 10.0 Å². The van der Waals surface area contributed by atoms with Crippen molar-refractivity contribution in [3.63, 3.8) is 0 Å². The van der Waals surface area contributed by atoms with Crippen molar-refractivity contribution in [2.75, 3.05) is 13.7 Å². The maximum Gasteiger partial charge on any atom is 0.266 e. The van der Waals surface area contributed by atoms with Crippen molar-refractivity contribution < 1.29 is 22.8 Å². The van der Waals surface area contributed by atoms with Crippen LogP contribution in [0, 0.1) is 6.92 Å². The normalized spacial score (nSPS) is 11.2. The number of benzene rings is 1. The van der Waals surface area contributed by atoms with Crippen molar-refractivity contribution in [2.24, 2.45) is 5.73 Å². The van der Waals surface area contributed by atoms with Crippen molar-refractivity contribution in [1.29, 1.82) is 0 Å². The molecule has 0 aromatic heterocycles. The summed E-state index contributed by atoms with van der Waals surface area (Å²) in [5.74, 6) is -0.607. The Bertz CT molecular complexity index is 541. The Balaban J connectivity index is 2.97. The Morgan fingerprint density at radius 2 is 2.11 bits per heavy atom. The van der Waals surface area contributed by atoms with Gasteiger partial charge in [-0.2, -0.15) is 0 Å². The number of carbonyl (C=O) groups excluding carboxylic acids is 1. The predicted molar refractivity (Wildman–Crippen MR) is 63.2 cm³/mol. The maximum atomic E-state index is 11.9. The molecule has 0 spiro atoms. The molecule has 7 nitrogen and oxygen atoms in total. The Morgan fingerprint density at radius 1 is 1.44 bits per heavy atom. The molecule has 0 aliphatic heterocycles. The standard InChI is InChI=1S/C10H14N2O5S/c1-7-3-4-8(16-2)9(5-7)18(14,15)12-17-6-10(11)13/h3-5,12H,6H2,1-2H3,(H2,11,13). The molecule has 18 heavy (non-hydrogen) atoms. The van der Waals surface area contributed by atoms with Gasteiger partial charge in [0.15, 0.2) is 0 Å². The molecule has 0 aliphatic carbocycles. The highest BCUT2D eigenvalue weighted by molar-refractivity contribution is 7.89. The molecule has 0 radical (unpaired) electrons. The summed E-state index contributed by atoms with van der Waals surface area (Å²) in [6, 6.07) is 4.66. The largest absolute Gasteiger partial charge is 0.495 e. The van der Waals surface area contributed by atoms with Gasteiger partial charge in [-0.15, -0.1) is 0 Å². The molecule has 3 N–H and O–H groups in total. The Kier molecular flexibility index (Phi) is 4.65. The number of hydrogen-bond acceptors (Lipinski definition) is 5. The number of sulfonamides is 1. The van der Waals surface area contributed by atoms with Gasteiger partial charge in [0.1, 0.15) is 17.3 Å². The van der Waals surface area contributed by atoms with Crippen LogP contribution in [-0.2, 0) is 19.7 Å². The summed E-state index contributed by atoms with van der Waals surface area (Å²) in [5, 5.41) is 0. The fourth-order valence-corrected chi connectivity index (χ4v) is 2.28. The molecular formula is C10H14N2O5S. The van der Waals surface area contributed by atoms with E-state index in [9.17, 15) is 13.2 Å². The van der Waals surface area contributed by atoms with E-state index in [2.05, 4.69) is 4.84 Å². The second-order valence-corrected chi connectivity index (χ2v) is 5.11. The van der Waals surface area contributed by atoms with Gasteiger partial charge in [-0.25, -0.2) is 8.42 Å². The average molecular weight is 274 g/mol. The van der Waals surface area contributed by atoms with E-state index in [4.69, 9.17) is 10.5 Å². The molecule has 1 rings (SSSR count). The van der Waals surface area contributed by atoms with Crippen LogP contribution < -0.4 is 15.4 Å². The zero-order valence-corrected chi connectivity index (χ0v) is 10.8. The van der Waals surface area contributed by atoms with Gasteiger partial charge < -0.3 is 10.5 Å². The van der Waals surface area contributed by atoms with Crippen LogP contribution in [0.5, 0.6) is 5.75 Å². The molecule has 1 aromatic carbocycles. The highest BCUT2D eigenvalue weighted by atomic mass is 32.2. The van der Waals surface area contributed by atoms with Crippen LogP contribution in [0.3, 0.4) is 0 Å². The molecule has 1 aromatic rings. The number of primary amides is 1. The highest BCUT2D eigenvalue weighted by Gasteiger charge is 2.20. The second-order valence-electron chi connectivity index (χ2n) is 3.50. The number of nitrogens with one attached hydrogen (secondary N) is 1. The smallest absolute Gasteiger partial charge is 0.266 e. The van der Waals surface area contributed by atoms with E-state index < -0.39 is 22.5 Å². The van der Waals surface area contributed by atoms with Crippen LogP contribution in [0.25, 0.3) is 0 Å². The van der Waals surface area contributed by atoms with Crippen LogP contribution in [0.1, 0.15) is 5.56 Å². The number of ether oxygens (including phenoxy) is 1. The van der Waals surface area contributed by atoms with E-state index in [1.165, 1.54) is 19.2 Å². The Labute approximate surface area is 105 Å². The Morgan fingerprint density at radius 3 is 2.67 bits per heavy atom. The summed E-state index contributed by atoms with van der Waals surface area (Å²) in [7, 11) is -2.57. The van der Waals surface area contributed by atoms with Crippen molar-refractivity contribution in [3.8, 4) is 5.75 Å². The number of aryl methyl sites for hydroxylation is 1. The molecule has 1 amide bonds. The van der Waals surface area contributed by atoms with Gasteiger partial charge in [0, 0.05) is 0 Å². The third-order valence-electron chi connectivity index (χ3n) is 1.99. The van der Waals surface area contributed by atoms with Crippen molar-refractivity contribution in [1.82, 2.24) is 4.89 Å². The van der Waals surface area contributed by atoms with Gasteiger partial charge in [-0.1, -0.05) is 11.0 Å². The molecule has 0 unspecified atom stereocenters. The van der Waals surface area contributed by atoms with Gasteiger partial charge in [0.05, 0.1) is 7.11 Å². The van der Waals surface area contributed by atoms with Crippen LogP contribution >= 0.6 is 0 Å². The summed E-state index contributed by atoms with van der Waals surface area (Å²) in [5.41, 5.74) is 5.56. The third-order valence-corrected chi connectivity index (χ3v) is 3.23. The SMILES string of the molecule is COc1ccc(C)cc1S(=O)(=O)NOCC(N)=O. The molecule has 100 valence electrons. The van der Waals surface area contributed by atoms with Crippen LogP contribution in [0.15, 0.2) is 23.1 Å². The lowest BCUT2D eigenvalue weighted by atomic mass is 10.2. The third kappa shape index (κ3) is 3.69. The minimum Gasteiger partial charge on any atom is -0.495 e. The van der Waals surface area contributed by atoms with Crippen molar-refractivity contribution in [2.45, 2.75) is 11.8 Å². The first kappa shape index (κ1) is 14.4. The molecule has 0 atom stereocenters. The lowest BCUT2D eigenvalue weighted by Crippen LogP contribution is -2.29. The van der Waals surface area contributed by atoms with Crippen LogP contribution in [-0.4, -0.2) is 28.0 Å². The van der Waals surface area contributed by atoms with Crippen LogP contribution in [0.4, 0.5) is 0 Å². The van der Waals surface area contributed by atoms with Gasteiger partial charge >= 0.3 is 0 Å². The first-order chi connectivity index (χ1) is 8.36. The van der Waals surface area contributed by atoms with E-state index >= 15 is 0 Å². The van der Waals surface area contributed by atoms with Gasteiger partial charge in [-0.3, -0.25) is 9.63 Å². The van der Waals surface area contributed by atoms with Crippen molar-refractivity contribution in [3.05, 3.63) is 23.8 Å². The summed E-state index contributed by atoms with van der Waals surface area (Å²) in [4.78, 5) is 16.6. The number of rotatable bonds is 6. The number of amides is 1. The first-order valence-electron chi connectivity index (χ1n) is 4.93. The zero-order valence-electron chi connectivity index (χ0n) is 9.97. The van der Waals surface area contributed by atoms with E-state index in [1.54, 1.807) is 17.9 Å². The number of hydrogen-bond donors (Lipinski definition) is 2. The lowest BCUT2D eigenvalue weighted by Gasteiger charge is -2.10. The fourth-order valence-electron chi connectivity index (χ4n) is 1.22. The summed E-state index contributed by atoms with van der Waals surface area (Å²) in [6.45, 7) is 1.19.